The normalized spacial score (nSPS) is 12.9. The summed E-state index contributed by atoms with van der Waals surface area (Å²) in [5.41, 5.74) is 1.60. The Labute approximate surface area is 117 Å². The molecule has 1 N–H and O–H groups in total. The van der Waals surface area contributed by atoms with Crippen LogP contribution >= 0.6 is 11.6 Å². The van der Waals surface area contributed by atoms with Crippen LogP contribution in [0.15, 0.2) is 34.9 Å². The van der Waals surface area contributed by atoms with Crippen LogP contribution in [0.5, 0.6) is 0 Å². The Morgan fingerprint density at radius 3 is 2.79 bits per heavy atom. The van der Waals surface area contributed by atoms with Crippen LogP contribution < -0.4 is 0 Å². The molecule has 0 amide bonds. The predicted molar refractivity (Wildman–Crippen MR) is 74.0 cm³/mol. The third-order valence-electron chi connectivity index (χ3n) is 2.86. The minimum absolute atomic E-state index is 0.482. The van der Waals surface area contributed by atoms with Crippen molar-refractivity contribution >= 4 is 11.6 Å². The lowest BCUT2D eigenvalue weighted by Gasteiger charge is -2.20. The summed E-state index contributed by atoms with van der Waals surface area (Å²) in [5, 5.41) is 14.7. The van der Waals surface area contributed by atoms with E-state index < -0.39 is 6.10 Å². The summed E-state index contributed by atoms with van der Waals surface area (Å²) in [4.78, 5) is 1.98. The number of aromatic nitrogens is 1. The second-order valence-electron chi connectivity index (χ2n) is 4.66. The van der Waals surface area contributed by atoms with Crippen LogP contribution in [0.2, 0.25) is 5.02 Å². The first kappa shape index (κ1) is 14.1. The number of aliphatic hydroxyl groups excluding tert-OH is 1. The SMILES string of the molecule is Cc1cc(CN(C)CC(O)c2ccccc2Cl)no1. The number of aryl methyl sites for hydroxylation is 1. The van der Waals surface area contributed by atoms with Crippen LogP contribution in [0.25, 0.3) is 0 Å². The topological polar surface area (TPSA) is 49.5 Å². The highest BCUT2D eigenvalue weighted by Gasteiger charge is 2.14. The maximum absolute atomic E-state index is 10.2. The van der Waals surface area contributed by atoms with Crippen molar-refractivity contribution in [3.8, 4) is 0 Å². The molecule has 5 heteroatoms. The highest BCUT2D eigenvalue weighted by atomic mass is 35.5. The van der Waals surface area contributed by atoms with Gasteiger partial charge in [0.1, 0.15) is 5.76 Å². The zero-order valence-electron chi connectivity index (χ0n) is 11.0. The zero-order chi connectivity index (χ0) is 13.8. The summed E-state index contributed by atoms with van der Waals surface area (Å²) in [6, 6.07) is 9.21. The quantitative estimate of drug-likeness (QED) is 0.915. The Morgan fingerprint density at radius 1 is 1.42 bits per heavy atom. The summed E-state index contributed by atoms with van der Waals surface area (Å²) in [5.74, 6) is 0.787. The van der Waals surface area contributed by atoms with Crippen LogP contribution in [0.3, 0.4) is 0 Å². The Kier molecular flexibility index (Phi) is 4.58. The van der Waals surface area contributed by atoms with Crippen molar-refractivity contribution in [1.82, 2.24) is 10.1 Å². The fourth-order valence-corrected chi connectivity index (χ4v) is 2.23. The van der Waals surface area contributed by atoms with Gasteiger partial charge in [0.2, 0.25) is 0 Å². The Balaban J connectivity index is 1.95. The second-order valence-corrected chi connectivity index (χ2v) is 5.07. The molecule has 19 heavy (non-hydrogen) atoms. The molecule has 0 aliphatic rings. The number of hydrogen-bond acceptors (Lipinski definition) is 4. The van der Waals surface area contributed by atoms with Gasteiger partial charge in [0.25, 0.3) is 0 Å². The lowest BCUT2D eigenvalue weighted by atomic mass is 10.1. The van der Waals surface area contributed by atoms with Crippen molar-refractivity contribution in [3.05, 3.63) is 52.4 Å². The highest BCUT2D eigenvalue weighted by Crippen LogP contribution is 2.23. The molecule has 2 aromatic rings. The average molecular weight is 281 g/mol. The molecule has 102 valence electrons. The monoisotopic (exact) mass is 280 g/mol. The number of benzene rings is 1. The summed E-state index contributed by atoms with van der Waals surface area (Å²) in [7, 11) is 1.92. The lowest BCUT2D eigenvalue weighted by Crippen LogP contribution is -2.24. The van der Waals surface area contributed by atoms with Crippen molar-refractivity contribution < 1.29 is 9.63 Å². The van der Waals surface area contributed by atoms with Crippen LogP contribution in [0, 0.1) is 6.92 Å². The van der Waals surface area contributed by atoms with E-state index in [1.54, 1.807) is 6.07 Å². The molecule has 1 aromatic heterocycles. The molecular weight excluding hydrogens is 264 g/mol. The first-order valence-corrected chi connectivity index (χ1v) is 6.47. The van der Waals surface area contributed by atoms with Gasteiger partial charge in [-0.05, 0) is 20.0 Å². The maximum atomic E-state index is 10.2. The zero-order valence-corrected chi connectivity index (χ0v) is 11.8. The molecule has 4 nitrogen and oxygen atoms in total. The maximum Gasteiger partial charge on any atom is 0.133 e. The summed E-state index contributed by atoms with van der Waals surface area (Å²) < 4.78 is 5.01. The van der Waals surface area contributed by atoms with E-state index in [1.165, 1.54) is 0 Å². The van der Waals surface area contributed by atoms with Crippen LogP contribution in [0.4, 0.5) is 0 Å². The standard InChI is InChI=1S/C14H17ClN2O2/c1-10-7-11(16-19-10)8-17(2)9-14(18)12-5-3-4-6-13(12)15/h3-7,14,18H,8-9H2,1-2H3. The van der Waals surface area contributed by atoms with E-state index in [9.17, 15) is 5.11 Å². The molecule has 0 bridgehead atoms. The van der Waals surface area contributed by atoms with Gasteiger partial charge in [0, 0.05) is 29.7 Å². The summed E-state index contributed by atoms with van der Waals surface area (Å²) >= 11 is 6.06. The van der Waals surface area contributed by atoms with Crippen LogP contribution in [-0.2, 0) is 6.54 Å². The molecule has 0 radical (unpaired) electrons. The van der Waals surface area contributed by atoms with Crippen molar-refractivity contribution in [3.63, 3.8) is 0 Å². The number of hydrogen-bond donors (Lipinski definition) is 1. The minimum atomic E-state index is -0.619. The van der Waals surface area contributed by atoms with Gasteiger partial charge in [-0.1, -0.05) is 35.0 Å². The number of likely N-dealkylation sites (N-methyl/N-ethyl adjacent to an activating group) is 1. The van der Waals surface area contributed by atoms with E-state index in [4.69, 9.17) is 16.1 Å². The average Bonchev–Trinajstić information content (AvgIpc) is 2.74. The van der Waals surface area contributed by atoms with Crippen molar-refractivity contribution in [1.29, 1.82) is 0 Å². The second kappa shape index (κ2) is 6.19. The van der Waals surface area contributed by atoms with Gasteiger partial charge in [-0.25, -0.2) is 0 Å². The Bertz CT molecular complexity index is 542. The summed E-state index contributed by atoms with van der Waals surface area (Å²) in [6.07, 6.45) is -0.619. The van der Waals surface area contributed by atoms with E-state index in [1.807, 2.05) is 43.1 Å². The van der Waals surface area contributed by atoms with Crippen LogP contribution in [0.1, 0.15) is 23.1 Å². The van der Waals surface area contributed by atoms with Crippen molar-refractivity contribution in [2.24, 2.45) is 0 Å². The third kappa shape index (κ3) is 3.80. The fourth-order valence-electron chi connectivity index (χ4n) is 1.97. The van der Waals surface area contributed by atoms with Crippen molar-refractivity contribution in [2.75, 3.05) is 13.6 Å². The highest BCUT2D eigenvalue weighted by molar-refractivity contribution is 6.31. The molecule has 0 spiro atoms. The number of halogens is 1. The molecule has 1 heterocycles. The van der Waals surface area contributed by atoms with Gasteiger partial charge in [0.05, 0.1) is 11.8 Å². The minimum Gasteiger partial charge on any atom is -0.387 e. The van der Waals surface area contributed by atoms with Gasteiger partial charge >= 0.3 is 0 Å². The van der Waals surface area contributed by atoms with Gasteiger partial charge in [0.15, 0.2) is 0 Å². The van der Waals surface area contributed by atoms with E-state index in [0.717, 1.165) is 17.0 Å². The Morgan fingerprint density at radius 2 is 2.16 bits per heavy atom. The fraction of sp³-hybridized carbons (Fsp3) is 0.357. The molecule has 0 aliphatic carbocycles. The number of aliphatic hydroxyl groups is 1. The predicted octanol–water partition coefficient (Wildman–Crippen LogP) is 2.80. The van der Waals surface area contributed by atoms with Gasteiger partial charge in [-0.15, -0.1) is 0 Å². The number of nitrogens with zero attached hydrogens (tertiary/aromatic N) is 2. The van der Waals surface area contributed by atoms with Crippen molar-refractivity contribution in [2.45, 2.75) is 19.6 Å². The molecular formula is C14H17ClN2O2. The van der Waals surface area contributed by atoms with E-state index >= 15 is 0 Å². The lowest BCUT2D eigenvalue weighted by molar-refractivity contribution is 0.122. The molecule has 2 rings (SSSR count). The first-order chi connectivity index (χ1) is 9.06. The molecule has 0 saturated heterocycles. The molecule has 0 saturated carbocycles. The molecule has 0 aliphatic heterocycles. The van der Waals surface area contributed by atoms with Gasteiger partial charge < -0.3 is 9.63 Å². The first-order valence-electron chi connectivity index (χ1n) is 6.09. The molecule has 1 unspecified atom stereocenters. The van der Waals surface area contributed by atoms with Gasteiger partial charge in [-0.2, -0.15) is 0 Å². The number of rotatable bonds is 5. The third-order valence-corrected chi connectivity index (χ3v) is 3.20. The molecule has 1 aromatic carbocycles. The van der Waals surface area contributed by atoms with E-state index in [-0.39, 0.29) is 0 Å². The molecule has 1 atom stereocenters. The summed E-state index contributed by atoms with van der Waals surface area (Å²) in [6.45, 7) is 2.96. The van der Waals surface area contributed by atoms with E-state index in [2.05, 4.69) is 5.16 Å². The molecule has 0 fully saturated rings. The Hall–Kier alpha value is -1.36. The van der Waals surface area contributed by atoms with Crippen LogP contribution in [-0.4, -0.2) is 28.8 Å². The largest absolute Gasteiger partial charge is 0.387 e. The van der Waals surface area contributed by atoms with E-state index in [0.29, 0.717) is 18.1 Å². The smallest absolute Gasteiger partial charge is 0.133 e. The van der Waals surface area contributed by atoms with Gasteiger partial charge in [-0.3, -0.25) is 4.90 Å².